The third-order valence-electron chi connectivity index (χ3n) is 4.61. The van der Waals surface area contributed by atoms with Gasteiger partial charge in [-0.15, -0.1) is 0 Å². The Balaban J connectivity index is 1.59. The van der Waals surface area contributed by atoms with Gasteiger partial charge in [0, 0.05) is 44.3 Å². The minimum absolute atomic E-state index is 0.0204. The number of hydrogen-bond acceptors (Lipinski definition) is 4. The minimum Gasteiger partial charge on any atom is -0.348 e. The lowest BCUT2D eigenvalue weighted by atomic mass is 10.1. The average molecular weight is 379 g/mol. The first-order valence-electron chi connectivity index (χ1n) is 9.08. The average Bonchev–Trinajstić information content (AvgIpc) is 3.10. The van der Waals surface area contributed by atoms with E-state index in [2.05, 4.69) is 5.32 Å². The molecule has 0 unspecified atom stereocenters. The smallest absolute Gasteiger partial charge is 0.270 e. The van der Waals surface area contributed by atoms with Crippen LogP contribution in [-0.2, 0) is 22.7 Å². The van der Waals surface area contributed by atoms with Crippen molar-refractivity contribution >= 4 is 23.6 Å². The van der Waals surface area contributed by atoms with Crippen LogP contribution in [0.1, 0.15) is 29.5 Å². The quantitative estimate of drug-likeness (QED) is 0.455. The van der Waals surface area contributed by atoms with E-state index in [9.17, 15) is 19.7 Å². The Labute approximate surface area is 162 Å². The molecule has 1 aliphatic heterocycles. The molecule has 3 rings (SSSR count). The van der Waals surface area contributed by atoms with E-state index in [1.54, 1.807) is 12.1 Å². The summed E-state index contributed by atoms with van der Waals surface area (Å²) in [6, 6.07) is 13.8. The van der Waals surface area contributed by atoms with Crippen LogP contribution in [0.3, 0.4) is 0 Å². The fourth-order valence-electron chi connectivity index (χ4n) is 3.12. The van der Waals surface area contributed by atoms with Gasteiger partial charge >= 0.3 is 0 Å². The molecule has 1 heterocycles. The number of carbonyl (C=O) groups is 2. The Morgan fingerprint density at radius 1 is 1.18 bits per heavy atom. The second-order valence-corrected chi connectivity index (χ2v) is 6.59. The van der Waals surface area contributed by atoms with Crippen molar-refractivity contribution in [1.82, 2.24) is 10.2 Å². The Morgan fingerprint density at radius 3 is 2.68 bits per heavy atom. The second-order valence-electron chi connectivity index (χ2n) is 6.59. The molecule has 1 aliphatic rings. The maximum Gasteiger partial charge on any atom is 0.270 e. The van der Waals surface area contributed by atoms with E-state index >= 15 is 0 Å². The number of nitrogens with one attached hydrogen (secondary N) is 1. The van der Waals surface area contributed by atoms with Crippen molar-refractivity contribution < 1.29 is 14.5 Å². The van der Waals surface area contributed by atoms with Crippen LogP contribution in [0.2, 0.25) is 0 Å². The van der Waals surface area contributed by atoms with Gasteiger partial charge in [0.25, 0.3) is 5.69 Å². The predicted molar refractivity (Wildman–Crippen MR) is 105 cm³/mol. The molecule has 144 valence electrons. The molecular formula is C21H21N3O4. The zero-order valence-corrected chi connectivity index (χ0v) is 15.3. The molecule has 1 fully saturated rings. The van der Waals surface area contributed by atoms with Gasteiger partial charge < -0.3 is 10.2 Å². The SMILES string of the molecule is O=C(C=Cc1cccc([N+](=O)[O-])c1)NCc1ccccc1CN1CCCC1=O. The lowest BCUT2D eigenvalue weighted by Gasteiger charge is -2.18. The third-order valence-corrected chi connectivity index (χ3v) is 4.61. The summed E-state index contributed by atoms with van der Waals surface area (Å²) in [5.41, 5.74) is 2.53. The molecule has 7 nitrogen and oxygen atoms in total. The first-order chi connectivity index (χ1) is 13.5. The summed E-state index contributed by atoms with van der Waals surface area (Å²) in [6.45, 7) is 1.66. The summed E-state index contributed by atoms with van der Waals surface area (Å²) in [7, 11) is 0. The van der Waals surface area contributed by atoms with E-state index in [-0.39, 0.29) is 17.5 Å². The lowest BCUT2D eigenvalue weighted by Crippen LogP contribution is -2.26. The Hall–Kier alpha value is -3.48. The number of amides is 2. The highest BCUT2D eigenvalue weighted by Crippen LogP contribution is 2.17. The van der Waals surface area contributed by atoms with Crippen LogP contribution in [0.5, 0.6) is 0 Å². The van der Waals surface area contributed by atoms with Crippen molar-refractivity contribution in [3.8, 4) is 0 Å². The van der Waals surface area contributed by atoms with E-state index in [1.807, 2.05) is 29.2 Å². The zero-order valence-electron chi connectivity index (χ0n) is 15.3. The fraction of sp³-hybridized carbons (Fsp3) is 0.238. The van der Waals surface area contributed by atoms with Crippen molar-refractivity contribution in [2.24, 2.45) is 0 Å². The summed E-state index contributed by atoms with van der Waals surface area (Å²) >= 11 is 0. The van der Waals surface area contributed by atoms with E-state index < -0.39 is 4.92 Å². The topological polar surface area (TPSA) is 92.5 Å². The Kier molecular flexibility index (Phi) is 6.16. The number of nitro benzene ring substituents is 1. The number of hydrogen-bond donors (Lipinski definition) is 1. The highest BCUT2D eigenvalue weighted by atomic mass is 16.6. The molecule has 2 aromatic carbocycles. The maximum absolute atomic E-state index is 12.1. The van der Waals surface area contributed by atoms with Crippen LogP contribution in [-0.4, -0.2) is 28.2 Å². The highest BCUT2D eigenvalue weighted by molar-refractivity contribution is 5.91. The van der Waals surface area contributed by atoms with Gasteiger partial charge in [-0.3, -0.25) is 19.7 Å². The number of likely N-dealkylation sites (tertiary alicyclic amines) is 1. The molecule has 0 saturated carbocycles. The largest absolute Gasteiger partial charge is 0.348 e. The van der Waals surface area contributed by atoms with Crippen molar-refractivity contribution in [2.45, 2.75) is 25.9 Å². The summed E-state index contributed by atoms with van der Waals surface area (Å²) < 4.78 is 0. The molecule has 0 aromatic heterocycles. The van der Waals surface area contributed by atoms with E-state index in [0.717, 1.165) is 24.1 Å². The Morgan fingerprint density at radius 2 is 1.96 bits per heavy atom. The second kappa shape index (κ2) is 8.94. The van der Waals surface area contributed by atoms with Crippen molar-refractivity contribution in [3.63, 3.8) is 0 Å². The first kappa shape index (κ1) is 19.3. The monoisotopic (exact) mass is 379 g/mol. The Bertz CT molecular complexity index is 923. The molecule has 2 amide bonds. The van der Waals surface area contributed by atoms with Crippen LogP contribution in [0, 0.1) is 10.1 Å². The zero-order chi connectivity index (χ0) is 19.9. The standard InChI is InChI=1S/C21H21N3O4/c25-20(11-10-16-5-3-8-19(13-16)24(27)28)22-14-17-6-1-2-7-18(17)15-23-12-4-9-21(23)26/h1-3,5-8,10-11,13H,4,9,12,14-15H2,(H,22,25). The molecule has 7 heteroatoms. The molecular weight excluding hydrogens is 358 g/mol. The van der Waals surface area contributed by atoms with Crippen LogP contribution in [0.4, 0.5) is 5.69 Å². The van der Waals surface area contributed by atoms with Crippen LogP contribution < -0.4 is 5.32 Å². The minimum atomic E-state index is -0.473. The van der Waals surface area contributed by atoms with Gasteiger partial charge in [0.2, 0.25) is 11.8 Å². The van der Waals surface area contributed by atoms with E-state index in [4.69, 9.17) is 0 Å². The molecule has 0 radical (unpaired) electrons. The number of rotatable bonds is 7. The predicted octanol–water partition coefficient (Wildman–Crippen LogP) is 3.05. The van der Waals surface area contributed by atoms with E-state index in [1.165, 1.54) is 24.3 Å². The normalized spacial score (nSPS) is 13.9. The van der Waals surface area contributed by atoms with Crippen LogP contribution in [0.25, 0.3) is 6.08 Å². The molecule has 2 aromatic rings. The number of non-ortho nitro benzene ring substituents is 1. The van der Waals surface area contributed by atoms with Crippen molar-refractivity contribution in [3.05, 3.63) is 81.4 Å². The molecule has 0 aliphatic carbocycles. The molecule has 0 bridgehead atoms. The van der Waals surface area contributed by atoms with Gasteiger partial charge in [0.05, 0.1) is 4.92 Å². The van der Waals surface area contributed by atoms with Gasteiger partial charge in [-0.05, 0) is 29.2 Å². The van der Waals surface area contributed by atoms with Gasteiger partial charge in [-0.1, -0.05) is 36.4 Å². The first-order valence-corrected chi connectivity index (χ1v) is 9.08. The summed E-state index contributed by atoms with van der Waals surface area (Å²) in [4.78, 5) is 36.1. The summed E-state index contributed by atoms with van der Waals surface area (Å²) in [5.74, 6) is -0.128. The third kappa shape index (κ3) is 5.03. The molecule has 0 atom stereocenters. The number of benzene rings is 2. The number of nitro groups is 1. The summed E-state index contributed by atoms with van der Waals surface area (Å²) in [6.07, 6.45) is 4.38. The van der Waals surface area contributed by atoms with Gasteiger partial charge in [-0.2, -0.15) is 0 Å². The molecule has 1 N–H and O–H groups in total. The molecule has 0 spiro atoms. The summed E-state index contributed by atoms with van der Waals surface area (Å²) in [5, 5.41) is 13.6. The number of nitrogens with zero attached hydrogens (tertiary/aromatic N) is 2. The van der Waals surface area contributed by atoms with Crippen molar-refractivity contribution in [2.75, 3.05) is 6.54 Å². The number of carbonyl (C=O) groups excluding carboxylic acids is 2. The van der Waals surface area contributed by atoms with Crippen LogP contribution in [0.15, 0.2) is 54.6 Å². The van der Waals surface area contributed by atoms with Gasteiger partial charge in [0.15, 0.2) is 0 Å². The van der Waals surface area contributed by atoms with E-state index in [0.29, 0.717) is 25.1 Å². The lowest BCUT2D eigenvalue weighted by molar-refractivity contribution is -0.384. The van der Waals surface area contributed by atoms with Crippen LogP contribution >= 0.6 is 0 Å². The molecule has 1 saturated heterocycles. The van der Waals surface area contributed by atoms with Crippen molar-refractivity contribution in [1.29, 1.82) is 0 Å². The molecule has 28 heavy (non-hydrogen) atoms. The maximum atomic E-state index is 12.1. The highest BCUT2D eigenvalue weighted by Gasteiger charge is 2.20. The van der Waals surface area contributed by atoms with Gasteiger partial charge in [0.1, 0.15) is 0 Å². The fourth-order valence-corrected chi connectivity index (χ4v) is 3.12. The van der Waals surface area contributed by atoms with Gasteiger partial charge in [-0.25, -0.2) is 0 Å².